The summed E-state index contributed by atoms with van der Waals surface area (Å²) in [6.07, 6.45) is 3.39. The first kappa shape index (κ1) is 14.7. The average molecular weight is 310 g/mol. The number of amides is 1. The van der Waals surface area contributed by atoms with Gasteiger partial charge in [-0.25, -0.2) is 0 Å². The summed E-state index contributed by atoms with van der Waals surface area (Å²) >= 11 is 5.19. The molecule has 22 heavy (non-hydrogen) atoms. The second-order valence-corrected chi connectivity index (χ2v) is 5.88. The van der Waals surface area contributed by atoms with Gasteiger partial charge in [-0.2, -0.15) is 0 Å². The molecule has 1 amide bonds. The van der Waals surface area contributed by atoms with Crippen LogP contribution in [-0.2, 0) is 4.79 Å². The van der Waals surface area contributed by atoms with E-state index in [-0.39, 0.29) is 10.9 Å². The second-order valence-electron chi connectivity index (χ2n) is 5.47. The maximum atomic E-state index is 12.3. The van der Waals surface area contributed by atoms with Gasteiger partial charge in [0.25, 0.3) is 5.91 Å². The predicted octanol–water partition coefficient (Wildman–Crippen LogP) is 3.76. The highest BCUT2D eigenvalue weighted by Crippen LogP contribution is 2.27. The molecule has 0 bridgehead atoms. The number of para-hydroxylation sites is 1. The molecule has 0 aliphatic heterocycles. The molecule has 1 aliphatic carbocycles. The quantitative estimate of drug-likeness (QED) is 0.848. The zero-order valence-corrected chi connectivity index (χ0v) is 13.0. The van der Waals surface area contributed by atoms with Crippen molar-refractivity contribution < 1.29 is 4.79 Å². The minimum Gasteiger partial charge on any atom is -0.369 e. The molecular formula is C18H18N2OS. The van der Waals surface area contributed by atoms with Crippen molar-refractivity contribution in [1.82, 2.24) is 5.32 Å². The Morgan fingerprint density at radius 2 is 1.68 bits per heavy atom. The minimum atomic E-state index is -0.245. The molecular weight excluding hydrogens is 292 g/mol. The van der Waals surface area contributed by atoms with E-state index in [4.69, 9.17) is 12.2 Å². The zero-order chi connectivity index (χ0) is 15.4. The van der Waals surface area contributed by atoms with Gasteiger partial charge in [0.05, 0.1) is 0 Å². The number of anilines is 1. The molecule has 0 spiro atoms. The number of benzene rings is 2. The number of carbonyl (C=O) groups excluding carboxylic acids is 1. The van der Waals surface area contributed by atoms with E-state index in [2.05, 4.69) is 10.6 Å². The molecule has 3 rings (SSSR count). The molecule has 1 fully saturated rings. The van der Waals surface area contributed by atoms with Crippen LogP contribution in [0.4, 0.5) is 5.69 Å². The van der Waals surface area contributed by atoms with E-state index < -0.39 is 0 Å². The summed E-state index contributed by atoms with van der Waals surface area (Å²) in [7, 11) is 0. The van der Waals surface area contributed by atoms with Gasteiger partial charge in [0.2, 0.25) is 0 Å². The fourth-order valence-electron chi connectivity index (χ4n) is 2.44. The molecule has 0 radical (unpaired) electrons. The van der Waals surface area contributed by atoms with Crippen LogP contribution >= 0.6 is 12.2 Å². The Morgan fingerprint density at radius 1 is 1.00 bits per heavy atom. The lowest BCUT2D eigenvalue weighted by atomic mass is 9.93. The van der Waals surface area contributed by atoms with Gasteiger partial charge in [0.1, 0.15) is 0 Å². The number of hydrogen-bond acceptors (Lipinski definition) is 2. The van der Waals surface area contributed by atoms with E-state index in [0.29, 0.717) is 6.04 Å². The maximum Gasteiger partial charge on any atom is 0.283 e. The van der Waals surface area contributed by atoms with Gasteiger partial charge in [-0.05, 0) is 30.9 Å². The first-order chi connectivity index (χ1) is 10.7. The molecule has 112 valence electrons. The molecule has 0 aromatic heterocycles. The van der Waals surface area contributed by atoms with E-state index in [1.165, 1.54) is 6.42 Å². The van der Waals surface area contributed by atoms with E-state index in [0.717, 1.165) is 29.7 Å². The average Bonchev–Trinajstić information content (AvgIpc) is 2.52. The Kier molecular flexibility index (Phi) is 4.49. The van der Waals surface area contributed by atoms with Crippen LogP contribution in [-0.4, -0.2) is 16.9 Å². The van der Waals surface area contributed by atoms with Crippen LogP contribution in [0.15, 0.2) is 54.6 Å². The normalized spacial score (nSPS) is 14.0. The van der Waals surface area contributed by atoms with E-state index in [1.54, 1.807) is 0 Å². The van der Waals surface area contributed by atoms with Crippen LogP contribution in [0.2, 0.25) is 0 Å². The summed E-state index contributed by atoms with van der Waals surface area (Å²) in [6.45, 7) is 0. The molecule has 1 saturated carbocycles. The number of thiocarbonyl (C=S) groups is 1. The zero-order valence-electron chi connectivity index (χ0n) is 12.2. The largest absolute Gasteiger partial charge is 0.369 e. The Balaban J connectivity index is 1.75. The summed E-state index contributed by atoms with van der Waals surface area (Å²) in [5, 5.41) is 6.03. The highest BCUT2D eigenvalue weighted by atomic mass is 32.1. The molecule has 0 unspecified atom stereocenters. The van der Waals surface area contributed by atoms with E-state index in [1.807, 2.05) is 54.6 Å². The molecule has 0 atom stereocenters. The van der Waals surface area contributed by atoms with Crippen molar-refractivity contribution in [2.24, 2.45) is 0 Å². The Labute approximate surface area is 135 Å². The smallest absolute Gasteiger partial charge is 0.283 e. The highest BCUT2D eigenvalue weighted by molar-refractivity contribution is 7.82. The molecule has 2 aromatic carbocycles. The predicted molar refractivity (Wildman–Crippen MR) is 93.9 cm³/mol. The third kappa shape index (κ3) is 3.34. The molecule has 2 N–H and O–H groups in total. The van der Waals surface area contributed by atoms with Crippen molar-refractivity contribution >= 4 is 28.8 Å². The molecule has 2 aromatic rings. The van der Waals surface area contributed by atoms with Gasteiger partial charge in [0.15, 0.2) is 4.99 Å². The molecule has 3 nitrogen and oxygen atoms in total. The van der Waals surface area contributed by atoms with Crippen molar-refractivity contribution in [2.45, 2.75) is 25.3 Å². The van der Waals surface area contributed by atoms with Crippen LogP contribution in [0.5, 0.6) is 0 Å². The standard InChI is InChI=1S/C18H18N2OS/c21-17(18(22)19-14-9-6-10-14)20-16-12-5-4-11-15(16)13-7-2-1-3-8-13/h1-5,7-8,11-12,14H,6,9-10H2,(H,19,22)(H,20,21). The lowest BCUT2D eigenvalue weighted by molar-refractivity contribution is -0.110. The minimum absolute atomic E-state index is 0.245. The van der Waals surface area contributed by atoms with Crippen molar-refractivity contribution in [3.8, 4) is 11.1 Å². The fourth-order valence-corrected chi connectivity index (χ4v) is 2.66. The fraction of sp³-hybridized carbons (Fsp3) is 0.222. The van der Waals surface area contributed by atoms with Crippen molar-refractivity contribution in [3.05, 3.63) is 54.6 Å². The van der Waals surface area contributed by atoms with Crippen molar-refractivity contribution in [3.63, 3.8) is 0 Å². The van der Waals surface area contributed by atoms with Crippen LogP contribution in [0.25, 0.3) is 11.1 Å². The molecule has 4 heteroatoms. The monoisotopic (exact) mass is 310 g/mol. The molecule has 0 heterocycles. The highest BCUT2D eigenvalue weighted by Gasteiger charge is 2.21. The van der Waals surface area contributed by atoms with Gasteiger partial charge in [-0.1, -0.05) is 60.7 Å². The Morgan fingerprint density at radius 3 is 2.36 bits per heavy atom. The number of carbonyl (C=O) groups is 1. The van der Waals surface area contributed by atoms with Gasteiger partial charge in [-0.3, -0.25) is 4.79 Å². The lowest BCUT2D eigenvalue weighted by Crippen LogP contribution is -2.43. The third-order valence-corrected chi connectivity index (χ3v) is 4.21. The number of hydrogen-bond donors (Lipinski definition) is 2. The summed E-state index contributed by atoms with van der Waals surface area (Å²) in [6, 6.07) is 18.1. The summed E-state index contributed by atoms with van der Waals surface area (Å²) in [5.41, 5.74) is 2.83. The van der Waals surface area contributed by atoms with Crippen LogP contribution < -0.4 is 10.6 Å². The first-order valence-electron chi connectivity index (χ1n) is 7.50. The lowest BCUT2D eigenvalue weighted by Gasteiger charge is -2.27. The van der Waals surface area contributed by atoms with Crippen molar-refractivity contribution in [1.29, 1.82) is 0 Å². The Bertz CT molecular complexity index is 680. The van der Waals surface area contributed by atoms with Gasteiger partial charge in [-0.15, -0.1) is 0 Å². The topological polar surface area (TPSA) is 41.1 Å². The Hall–Kier alpha value is -2.20. The summed E-state index contributed by atoms with van der Waals surface area (Å²) in [5.74, 6) is -0.245. The number of rotatable bonds is 3. The second kappa shape index (κ2) is 6.71. The summed E-state index contributed by atoms with van der Waals surface area (Å²) in [4.78, 5) is 12.5. The number of nitrogens with one attached hydrogen (secondary N) is 2. The van der Waals surface area contributed by atoms with E-state index in [9.17, 15) is 4.79 Å². The molecule has 1 aliphatic rings. The van der Waals surface area contributed by atoms with Crippen LogP contribution in [0.3, 0.4) is 0 Å². The van der Waals surface area contributed by atoms with Crippen LogP contribution in [0.1, 0.15) is 19.3 Å². The van der Waals surface area contributed by atoms with Gasteiger partial charge in [0, 0.05) is 17.3 Å². The third-order valence-electron chi connectivity index (χ3n) is 3.91. The van der Waals surface area contributed by atoms with Crippen molar-refractivity contribution in [2.75, 3.05) is 5.32 Å². The van der Waals surface area contributed by atoms with E-state index >= 15 is 0 Å². The van der Waals surface area contributed by atoms with Crippen LogP contribution in [0, 0.1) is 0 Å². The summed E-state index contributed by atoms with van der Waals surface area (Å²) < 4.78 is 0. The maximum absolute atomic E-state index is 12.3. The van der Waals surface area contributed by atoms with Gasteiger partial charge < -0.3 is 10.6 Å². The van der Waals surface area contributed by atoms with Gasteiger partial charge >= 0.3 is 0 Å². The SMILES string of the molecule is O=C(Nc1ccccc1-c1ccccc1)C(=S)NC1CCC1. The first-order valence-corrected chi connectivity index (χ1v) is 7.91. The molecule has 0 saturated heterocycles.